The molecule has 0 heterocycles. The SMILES string of the molecule is C=CCOc1ccc(-c2ccc(OC(=O)C(=C)C)c(F)c2F)cc1. The van der Waals surface area contributed by atoms with Crippen molar-refractivity contribution in [2.75, 3.05) is 6.61 Å². The second kappa shape index (κ2) is 7.55. The number of esters is 1. The molecule has 0 aliphatic heterocycles. The minimum atomic E-state index is -1.23. The van der Waals surface area contributed by atoms with Gasteiger partial charge in [0.1, 0.15) is 12.4 Å². The highest BCUT2D eigenvalue weighted by molar-refractivity contribution is 5.88. The van der Waals surface area contributed by atoms with Crippen LogP contribution in [0.15, 0.2) is 61.2 Å². The van der Waals surface area contributed by atoms with Gasteiger partial charge in [0.2, 0.25) is 5.82 Å². The van der Waals surface area contributed by atoms with Crippen LogP contribution < -0.4 is 9.47 Å². The maximum atomic E-state index is 14.3. The number of carbonyl (C=O) groups excluding carboxylic acids is 1. The van der Waals surface area contributed by atoms with Crippen LogP contribution in [0.3, 0.4) is 0 Å². The van der Waals surface area contributed by atoms with Gasteiger partial charge in [0.25, 0.3) is 0 Å². The van der Waals surface area contributed by atoms with E-state index >= 15 is 0 Å². The molecule has 0 saturated carbocycles. The lowest BCUT2D eigenvalue weighted by Gasteiger charge is -2.10. The van der Waals surface area contributed by atoms with Crippen LogP contribution in [0.5, 0.6) is 11.5 Å². The largest absolute Gasteiger partial charge is 0.490 e. The third-order valence-corrected chi connectivity index (χ3v) is 3.13. The number of benzene rings is 2. The van der Waals surface area contributed by atoms with Gasteiger partial charge < -0.3 is 9.47 Å². The van der Waals surface area contributed by atoms with Crippen molar-refractivity contribution in [1.82, 2.24) is 0 Å². The summed E-state index contributed by atoms with van der Waals surface area (Å²) in [6.45, 7) is 8.70. The number of hydrogen-bond acceptors (Lipinski definition) is 3. The van der Waals surface area contributed by atoms with Crippen LogP contribution in [-0.4, -0.2) is 12.6 Å². The van der Waals surface area contributed by atoms with E-state index in [4.69, 9.17) is 9.47 Å². The van der Waals surface area contributed by atoms with Crippen molar-refractivity contribution in [2.45, 2.75) is 6.92 Å². The zero-order valence-electron chi connectivity index (χ0n) is 13.1. The Labute approximate surface area is 138 Å². The van der Waals surface area contributed by atoms with Crippen LogP contribution in [0, 0.1) is 11.6 Å². The molecule has 0 saturated heterocycles. The fourth-order valence-electron chi connectivity index (χ4n) is 1.91. The Balaban J connectivity index is 2.28. The summed E-state index contributed by atoms with van der Waals surface area (Å²) in [5.41, 5.74) is 0.613. The predicted molar refractivity (Wildman–Crippen MR) is 87.9 cm³/mol. The number of halogens is 2. The standard InChI is InChI=1S/C19H16F2O3/c1-4-11-23-14-7-5-13(6-8-14)15-9-10-16(18(21)17(15)20)24-19(22)12(2)3/h4-10H,1-2,11H2,3H3. The Morgan fingerprint density at radius 3 is 2.38 bits per heavy atom. The van der Waals surface area contributed by atoms with E-state index in [2.05, 4.69) is 13.2 Å². The van der Waals surface area contributed by atoms with E-state index in [-0.39, 0.29) is 11.1 Å². The van der Waals surface area contributed by atoms with Crippen molar-refractivity contribution in [3.8, 4) is 22.6 Å². The van der Waals surface area contributed by atoms with Crippen LogP contribution in [0.25, 0.3) is 11.1 Å². The lowest BCUT2D eigenvalue weighted by Crippen LogP contribution is -2.10. The van der Waals surface area contributed by atoms with Crippen molar-refractivity contribution in [2.24, 2.45) is 0 Å². The first-order valence-electron chi connectivity index (χ1n) is 7.14. The van der Waals surface area contributed by atoms with Gasteiger partial charge in [-0.1, -0.05) is 31.4 Å². The molecule has 3 nitrogen and oxygen atoms in total. The smallest absolute Gasteiger partial charge is 0.338 e. The summed E-state index contributed by atoms with van der Waals surface area (Å²) >= 11 is 0. The minimum absolute atomic E-state index is 0.0536. The Morgan fingerprint density at radius 1 is 1.12 bits per heavy atom. The van der Waals surface area contributed by atoms with Crippen molar-refractivity contribution in [1.29, 1.82) is 0 Å². The lowest BCUT2D eigenvalue weighted by atomic mass is 10.0. The first kappa shape index (κ1) is 17.4. The number of hydrogen-bond donors (Lipinski definition) is 0. The van der Waals surface area contributed by atoms with Gasteiger partial charge in [-0.05, 0) is 36.8 Å². The quantitative estimate of drug-likeness (QED) is 0.334. The number of rotatable bonds is 6. The highest BCUT2D eigenvalue weighted by Gasteiger charge is 2.18. The summed E-state index contributed by atoms with van der Waals surface area (Å²) in [5.74, 6) is -3.03. The first-order chi connectivity index (χ1) is 11.4. The predicted octanol–water partition coefficient (Wildman–Crippen LogP) is 4.68. The van der Waals surface area contributed by atoms with Gasteiger partial charge in [0, 0.05) is 11.1 Å². The first-order valence-corrected chi connectivity index (χ1v) is 7.14. The molecule has 0 spiro atoms. The molecule has 2 aromatic carbocycles. The Morgan fingerprint density at radius 2 is 1.79 bits per heavy atom. The highest BCUT2D eigenvalue weighted by Crippen LogP contribution is 2.31. The molecule has 0 fully saturated rings. The third kappa shape index (κ3) is 3.87. The molecule has 0 amide bonds. The summed E-state index contributed by atoms with van der Waals surface area (Å²) in [5, 5.41) is 0. The van der Waals surface area contributed by atoms with E-state index in [0.29, 0.717) is 17.9 Å². The third-order valence-electron chi connectivity index (χ3n) is 3.13. The van der Waals surface area contributed by atoms with Crippen LogP contribution in [0.2, 0.25) is 0 Å². The summed E-state index contributed by atoms with van der Waals surface area (Å²) in [6, 6.07) is 9.05. The molecule has 24 heavy (non-hydrogen) atoms. The van der Waals surface area contributed by atoms with E-state index in [0.717, 1.165) is 0 Å². The van der Waals surface area contributed by atoms with Gasteiger partial charge in [-0.25, -0.2) is 9.18 Å². The second-order valence-corrected chi connectivity index (χ2v) is 5.03. The summed E-state index contributed by atoms with van der Waals surface area (Å²) in [7, 11) is 0. The number of carbonyl (C=O) groups is 1. The maximum Gasteiger partial charge on any atom is 0.338 e. The normalized spacial score (nSPS) is 10.1. The minimum Gasteiger partial charge on any atom is -0.490 e. The van der Waals surface area contributed by atoms with Crippen molar-refractivity contribution in [3.63, 3.8) is 0 Å². The molecule has 2 rings (SSSR count). The van der Waals surface area contributed by atoms with Crippen LogP contribution >= 0.6 is 0 Å². The van der Waals surface area contributed by atoms with Gasteiger partial charge in [0.15, 0.2) is 11.6 Å². The lowest BCUT2D eigenvalue weighted by molar-refractivity contribution is -0.130. The van der Waals surface area contributed by atoms with Gasteiger partial charge in [-0.2, -0.15) is 4.39 Å². The van der Waals surface area contributed by atoms with E-state index in [9.17, 15) is 13.6 Å². The molecular weight excluding hydrogens is 314 g/mol. The molecular formula is C19H16F2O3. The molecule has 2 aromatic rings. The van der Waals surface area contributed by atoms with Gasteiger partial charge in [-0.15, -0.1) is 0 Å². The Bertz CT molecular complexity index is 780. The Kier molecular flexibility index (Phi) is 5.47. The fraction of sp³-hybridized carbons (Fsp3) is 0.105. The summed E-state index contributed by atoms with van der Waals surface area (Å²) < 4.78 is 38.5. The zero-order valence-corrected chi connectivity index (χ0v) is 13.1. The van der Waals surface area contributed by atoms with Crippen LogP contribution in [-0.2, 0) is 4.79 Å². The second-order valence-electron chi connectivity index (χ2n) is 5.03. The molecule has 0 unspecified atom stereocenters. The summed E-state index contributed by atoms with van der Waals surface area (Å²) in [4.78, 5) is 11.4. The molecule has 0 atom stereocenters. The van der Waals surface area contributed by atoms with Crippen LogP contribution in [0.1, 0.15) is 6.92 Å². The zero-order chi connectivity index (χ0) is 17.7. The van der Waals surface area contributed by atoms with Gasteiger partial charge >= 0.3 is 5.97 Å². The van der Waals surface area contributed by atoms with E-state index < -0.39 is 23.4 Å². The van der Waals surface area contributed by atoms with Gasteiger partial charge in [0.05, 0.1) is 0 Å². The topological polar surface area (TPSA) is 35.5 Å². The number of ether oxygens (including phenoxy) is 2. The molecule has 5 heteroatoms. The van der Waals surface area contributed by atoms with E-state index in [1.165, 1.54) is 19.1 Å². The summed E-state index contributed by atoms with van der Waals surface area (Å²) in [6.07, 6.45) is 1.61. The molecule has 0 aliphatic carbocycles. The maximum absolute atomic E-state index is 14.3. The van der Waals surface area contributed by atoms with Crippen LogP contribution in [0.4, 0.5) is 8.78 Å². The Hall–Kier alpha value is -2.95. The molecule has 0 radical (unpaired) electrons. The van der Waals surface area contributed by atoms with Crippen molar-refractivity contribution in [3.05, 3.63) is 72.8 Å². The highest BCUT2D eigenvalue weighted by atomic mass is 19.2. The van der Waals surface area contributed by atoms with Crippen molar-refractivity contribution >= 4 is 5.97 Å². The molecule has 0 bridgehead atoms. The average Bonchev–Trinajstić information content (AvgIpc) is 2.57. The molecule has 0 aromatic heterocycles. The van der Waals surface area contributed by atoms with Gasteiger partial charge in [-0.3, -0.25) is 0 Å². The van der Waals surface area contributed by atoms with E-state index in [1.54, 1.807) is 30.3 Å². The molecule has 124 valence electrons. The fourth-order valence-corrected chi connectivity index (χ4v) is 1.91. The molecule has 0 N–H and O–H groups in total. The monoisotopic (exact) mass is 330 g/mol. The van der Waals surface area contributed by atoms with E-state index in [1.807, 2.05) is 0 Å². The van der Waals surface area contributed by atoms with Crippen molar-refractivity contribution < 1.29 is 23.0 Å². The average molecular weight is 330 g/mol. The molecule has 0 aliphatic rings.